The minimum atomic E-state index is -0.452. The van der Waals surface area contributed by atoms with E-state index in [1.54, 1.807) is 11.4 Å². The van der Waals surface area contributed by atoms with Gasteiger partial charge < -0.3 is 15.0 Å². The van der Waals surface area contributed by atoms with Gasteiger partial charge in [-0.2, -0.15) is 4.98 Å². The largest absolute Gasteiger partial charge is 0.494 e. The number of aromatic nitrogens is 3. The smallest absolute Gasteiger partial charge is 0.277 e. The van der Waals surface area contributed by atoms with Gasteiger partial charge in [0.05, 0.1) is 7.11 Å². The number of hydrogen-bond donors (Lipinski definition) is 1. The van der Waals surface area contributed by atoms with Crippen LogP contribution in [0, 0.1) is 5.82 Å². The zero-order valence-corrected chi connectivity index (χ0v) is 11.1. The average molecular weight is 292 g/mol. The molecule has 0 saturated heterocycles. The predicted octanol–water partition coefficient (Wildman–Crippen LogP) is 2.59. The summed E-state index contributed by atoms with van der Waals surface area (Å²) >= 11 is 1.28. The van der Waals surface area contributed by atoms with E-state index >= 15 is 0 Å². The normalized spacial score (nSPS) is 10.7. The maximum atomic E-state index is 13.3. The highest BCUT2D eigenvalue weighted by atomic mass is 32.1. The highest BCUT2D eigenvalue weighted by Gasteiger charge is 2.14. The van der Waals surface area contributed by atoms with Crippen LogP contribution in [0.1, 0.15) is 0 Å². The molecule has 0 radical (unpaired) electrons. The fourth-order valence-electron chi connectivity index (χ4n) is 1.63. The molecule has 2 aromatic heterocycles. The van der Waals surface area contributed by atoms with Gasteiger partial charge in [-0.3, -0.25) is 0 Å². The lowest BCUT2D eigenvalue weighted by Gasteiger charge is -2.02. The molecule has 0 unspecified atom stereocenters. The van der Waals surface area contributed by atoms with E-state index < -0.39 is 5.82 Å². The number of ether oxygens (including phenoxy) is 1. The van der Waals surface area contributed by atoms with Crippen molar-refractivity contribution in [3.05, 3.63) is 29.4 Å². The SMILES string of the molecule is COc1cc(-c2noc(-c3csc(N)n3)n2)ccc1F. The number of thiazole rings is 1. The first-order valence-corrected chi connectivity index (χ1v) is 6.44. The molecule has 0 spiro atoms. The van der Waals surface area contributed by atoms with E-state index in [2.05, 4.69) is 15.1 Å². The van der Waals surface area contributed by atoms with Crippen LogP contribution in [0.5, 0.6) is 5.75 Å². The quantitative estimate of drug-likeness (QED) is 0.798. The highest BCUT2D eigenvalue weighted by Crippen LogP contribution is 2.27. The zero-order valence-electron chi connectivity index (χ0n) is 10.3. The van der Waals surface area contributed by atoms with Gasteiger partial charge in [0, 0.05) is 10.9 Å². The summed E-state index contributed by atoms with van der Waals surface area (Å²) in [5, 5.41) is 5.98. The molecule has 0 atom stereocenters. The summed E-state index contributed by atoms with van der Waals surface area (Å²) in [6.07, 6.45) is 0. The molecule has 8 heteroatoms. The Balaban J connectivity index is 1.97. The van der Waals surface area contributed by atoms with Gasteiger partial charge in [-0.15, -0.1) is 11.3 Å². The molecule has 0 fully saturated rings. The lowest BCUT2D eigenvalue weighted by molar-refractivity contribution is 0.386. The van der Waals surface area contributed by atoms with Crippen molar-refractivity contribution in [2.75, 3.05) is 12.8 Å². The van der Waals surface area contributed by atoms with Crippen LogP contribution >= 0.6 is 11.3 Å². The maximum absolute atomic E-state index is 13.3. The first-order valence-electron chi connectivity index (χ1n) is 5.56. The van der Waals surface area contributed by atoms with E-state index in [0.29, 0.717) is 22.2 Å². The van der Waals surface area contributed by atoms with Crippen LogP contribution < -0.4 is 10.5 Å². The standard InChI is InChI=1S/C12H9FN4O2S/c1-18-9-4-6(2-3-7(9)13)10-16-11(19-17-10)8-5-20-12(14)15-8/h2-5H,1H3,(H2,14,15). The number of rotatable bonds is 3. The van der Waals surface area contributed by atoms with Crippen molar-refractivity contribution in [2.24, 2.45) is 0 Å². The van der Waals surface area contributed by atoms with E-state index in [9.17, 15) is 4.39 Å². The number of halogens is 1. The summed E-state index contributed by atoms with van der Waals surface area (Å²) in [6.45, 7) is 0. The highest BCUT2D eigenvalue weighted by molar-refractivity contribution is 7.13. The first-order chi connectivity index (χ1) is 9.67. The van der Waals surface area contributed by atoms with E-state index in [0.717, 1.165) is 0 Å². The van der Waals surface area contributed by atoms with Gasteiger partial charge in [-0.1, -0.05) is 5.16 Å². The van der Waals surface area contributed by atoms with Crippen LogP contribution in [0.4, 0.5) is 9.52 Å². The molecule has 0 aliphatic heterocycles. The number of anilines is 1. The molecule has 0 bridgehead atoms. The molecule has 6 nitrogen and oxygen atoms in total. The molecule has 0 aliphatic carbocycles. The second-order valence-electron chi connectivity index (χ2n) is 3.84. The van der Waals surface area contributed by atoms with Gasteiger partial charge in [0.2, 0.25) is 5.82 Å². The zero-order chi connectivity index (χ0) is 14.1. The summed E-state index contributed by atoms with van der Waals surface area (Å²) in [5.41, 5.74) is 6.65. The fourth-order valence-corrected chi connectivity index (χ4v) is 2.17. The van der Waals surface area contributed by atoms with Crippen molar-refractivity contribution in [3.8, 4) is 28.7 Å². The predicted molar refractivity (Wildman–Crippen MR) is 71.8 cm³/mol. The summed E-state index contributed by atoms with van der Waals surface area (Å²) in [6, 6.07) is 4.33. The van der Waals surface area contributed by atoms with Crippen LogP contribution in [0.25, 0.3) is 23.0 Å². The minimum Gasteiger partial charge on any atom is -0.494 e. The van der Waals surface area contributed by atoms with Crippen molar-refractivity contribution >= 4 is 16.5 Å². The van der Waals surface area contributed by atoms with Crippen molar-refractivity contribution in [1.82, 2.24) is 15.1 Å². The Labute approximate surface area is 117 Å². The fraction of sp³-hybridized carbons (Fsp3) is 0.0833. The molecular weight excluding hydrogens is 283 g/mol. The number of benzene rings is 1. The average Bonchev–Trinajstić information content (AvgIpc) is 3.08. The van der Waals surface area contributed by atoms with Gasteiger partial charge in [0.15, 0.2) is 16.7 Å². The van der Waals surface area contributed by atoms with Gasteiger partial charge in [-0.25, -0.2) is 9.37 Å². The van der Waals surface area contributed by atoms with Gasteiger partial charge in [0.1, 0.15) is 5.69 Å². The van der Waals surface area contributed by atoms with Crippen molar-refractivity contribution in [1.29, 1.82) is 0 Å². The lowest BCUT2D eigenvalue weighted by Crippen LogP contribution is -1.89. The maximum Gasteiger partial charge on any atom is 0.277 e. The Morgan fingerprint density at radius 2 is 2.20 bits per heavy atom. The number of nitrogens with zero attached hydrogens (tertiary/aromatic N) is 3. The third kappa shape index (κ3) is 2.21. The summed E-state index contributed by atoms with van der Waals surface area (Å²) < 4.78 is 23.4. The number of hydrogen-bond acceptors (Lipinski definition) is 7. The second kappa shape index (κ2) is 4.89. The van der Waals surface area contributed by atoms with Gasteiger partial charge >= 0.3 is 0 Å². The van der Waals surface area contributed by atoms with Gasteiger partial charge in [-0.05, 0) is 18.2 Å². The third-order valence-corrected chi connectivity index (χ3v) is 3.25. The monoisotopic (exact) mass is 292 g/mol. The van der Waals surface area contributed by atoms with Crippen molar-refractivity contribution in [3.63, 3.8) is 0 Å². The Kier molecular flexibility index (Phi) is 3.07. The molecule has 20 heavy (non-hydrogen) atoms. The van der Waals surface area contributed by atoms with Crippen molar-refractivity contribution < 1.29 is 13.7 Å². The van der Waals surface area contributed by atoms with E-state index in [-0.39, 0.29) is 11.6 Å². The molecule has 0 saturated carbocycles. The topological polar surface area (TPSA) is 87.1 Å². The van der Waals surface area contributed by atoms with Crippen LogP contribution in [0.15, 0.2) is 28.1 Å². The third-order valence-electron chi connectivity index (χ3n) is 2.58. The minimum absolute atomic E-state index is 0.117. The van der Waals surface area contributed by atoms with E-state index in [1.807, 2.05) is 0 Å². The Morgan fingerprint density at radius 3 is 2.90 bits per heavy atom. The van der Waals surface area contributed by atoms with Crippen LogP contribution in [-0.2, 0) is 0 Å². The van der Waals surface area contributed by atoms with E-state index in [1.165, 1.54) is 30.6 Å². The molecule has 3 aromatic rings. The lowest BCUT2D eigenvalue weighted by atomic mass is 10.2. The Bertz CT molecular complexity index is 756. The van der Waals surface area contributed by atoms with Crippen LogP contribution in [-0.4, -0.2) is 22.2 Å². The number of nitrogen functional groups attached to an aromatic ring is 1. The summed E-state index contributed by atoms with van der Waals surface area (Å²) in [7, 11) is 1.39. The Morgan fingerprint density at radius 1 is 1.35 bits per heavy atom. The number of methoxy groups -OCH3 is 1. The molecule has 2 heterocycles. The summed E-state index contributed by atoms with van der Waals surface area (Å²) in [4.78, 5) is 8.25. The first kappa shape index (κ1) is 12.5. The van der Waals surface area contributed by atoms with Crippen LogP contribution in [0.2, 0.25) is 0 Å². The molecule has 102 valence electrons. The van der Waals surface area contributed by atoms with Crippen molar-refractivity contribution in [2.45, 2.75) is 0 Å². The summed E-state index contributed by atoms with van der Waals surface area (Å²) in [5.74, 6) is 0.250. The van der Waals surface area contributed by atoms with E-state index in [4.69, 9.17) is 15.0 Å². The molecule has 0 amide bonds. The Hall–Kier alpha value is -2.48. The molecule has 2 N–H and O–H groups in total. The molecular formula is C12H9FN4O2S. The molecule has 1 aromatic carbocycles. The molecule has 0 aliphatic rings. The number of nitrogens with two attached hydrogens (primary N) is 1. The van der Waals surface area contributed by atoms with Crippen LogP contribution in [0.3, 0.4) is 0 Å². The molecule has 3 rings (SSSR count). The van der Waals surface area contributed by atoms with Gasteiger partial charge in [0.25, 0.3) is 5.89 Å². The second-order valence-corrected chi connectivity index (χ2v) is 4.73.